The fraction of sp³-hybridized carbons (Fsp3) is 0.178. The van der Waals surface area contributed by atoms with Gasteiger partial charge in [0.1, 0.15) is 0 Å². The van der Waals surface area contributed by atoms with Crippen molar-refractivity contribution in [2.45, 2.75) is 93.8 Å². The number of anilines is 6. The average molecular weight is 1010 g/mol. The molecule has 0 fully saturated rings. The van der Waals surface area contributed by atoms with E-state index < -0.39 is 10.8 Å². The van der Waals surface area contributed by atoms with Gasteiger partial charge in [0, 0.05) is 21.2 Å². The van der Waals surface area contributed by atoms with E-state index in [1.54, 1.807) is 0 Å². The molecule has 0 unspecified atom stereocenters. The number of nitrogens with zero attached hydrogens (tertiary/aromatic N) is 2. The van der Waals surface area contributed by atoms with Crippen LogP contribution in [0.3, 0.4) is 0 Å². The Labute approximate surface area is 460 Å². The monoisotopic (exact) mass is 1010 g/mol. The Bertz CT molecular complexity index is 3840. The highest BCUT2D eigenvalue weighted by atomic mass is 32.2. The van der Waals surface area contributed by atoms with Crippen LogP contribution in [0.15, 0.2) is 228 Å². The molecule has 4 aliphatic rings. The Morgan fingerprint density at radius 3 is 1.30 bits per heavy atom. The van der Waals surface area contributed by atoms with Crippen LogP contribution >= 0.6 is 11.8 Å². The topological polar surface area (TPSA) is 6.48 Å². The first-order valence-electron chi connectivity index (χ1n) is 27.9. The molecule has 10 aromatic carbocycles. The second kappa shape index (κ2) is 17.9. The third-order valence-corrected chi connectivity index (χ3v) is 18.8. The van der Waals surface area contributed by atoms with Crippen molar-refractivity contribution in [1.29, 1.82) is 0 Å². The van der Waals surface area contributed by atoms with Crippen molar-refractivity contribution in [3.05, 3.63) is 291 Å². The highest BCUT2D eigenvalue weighted by molar-refractivity contribution is 8.00. The Balaban J connectivity index is 1.01. The lowest BCUT2D eigenvalue weighted by atomic mass is 9.34. The van der Waals surface area contributed by atoms with Gasteiger partial charge in [-0.25, -0.2) is 0 Å². The molecule has 0 atom stereocenters. The van der Waals surface area contributed by atoms with Crippen molar-refractivity contribution in [1.82, 2.24) is 0 Å². The van der Waals surface area contributed by atoms with Gasteiger partial charge in [-0.05, 0) is 147 Å². The Morgan fingerprint density at radius 2 is 0.779 bits per heavy atom. The number of benzene rings is 10. The maximum absolute atomic E-state index is 2.58. The van der Waals surface area contributed by atoms with Crippen LogP contribution in [-0.4, -0.2) is 6.71 Å². The maximum atomic E-state index is 2.58. The summed E-state index contributed by atoms with van der Waals surface area (Å²) in [6.07, 6.45) is 0. The van der Waals surface area contributed by atoms with Crippen molar-refractivity contribution in [3.8, 4) is 0 Å². The lowest BCUT2D eigenvalue weighted by Gasteiger charge is -2.56. The fourth-order valence-corrected chi connectivity index (χ4v) is 15.6. The maximum Gasteiger partial charge on any atom is 0.244 e. The summed E-state index contributed by atoms with van der Waals surface area (Å²) < 4.78 is 0. The highest BCUT2D eigenvalue weighted by Crippen LogP contribution is 2.68. The fourth-order valence-electron chi connectivity index (χ4n) is 14.4. The molecule has 2 nitrogen and oxygen atoms in total. The van der Waals surface area contributed by atoms with Crippen LogP contribution in [-0.2, 0) is 10.8 Å². The van der Waals surface area contributed by atoms with Crippen molar-refractivity contribution in [2.75, 3.05) is 9.80 Å². The zero-order chi connectivity index (χ0) is 52.5. The molecule has 14 rings (SSSR count). The summed E-state index contributed by atoms with van der Waals surface area (Å²) in [7, 11) is 0. The van der Waals surface area contributed by atoms with Crippen LogP contribution in [0, 0.1) is 13.8 Å². The van der Waals surface area contributed by atoms with Gasteiger partial charge < -0.3 is 9.80 Å². The summed E-state index contributed by atoms with van der Waals surface area (Å²) in [6, 6.07) is 84.5. The Hall–Kier alpha value is -7.79. The van der Waals surface area contributed by atoms with E-state index in [9.17, 15) is 0 Å². The second-order valence-electron chi connectivity index (χ2n) is 23.0. The SMILES string of the molecule is Cc1ccc2c(c1)C1(c3cc(C)ccc3N2c2ccccc2)c2ccccc2C2(c3ccccc3N(c3ccc4c(c3)Sc3ccccc3B4c3c(C(C)C)cc(C(C)C)cc3C(C)C)c3ccccc32)c2ccccc21. The van der Waals surface area contributed by atoms with Crippen molar-refractivity contribution >= 4 is 69.0 Å². The average Bonchev–Trinajstić information content (AvgIpc) is 3.51. The predicted octanol–water partition coefficient (Wildman–Crippen LogP) is 17.3. The Morgan fingerprint density at radius 1 is 0.351 bits per heavy atom. The van der Waals surface area contributed by atoms with Crippen LogP contribution < -0.4 is 26.2 Å². The van der Waals surface area contributed by atoms with Crippen molar-refractivity contribution < 1.29 is 0 Å². The molecule has 0 saturated carbocycles. The molecule has 10 aromatic rings. The number of hydrogen-bond donors (Lipinski definition) is 0. The van der Waals surface area contributed by atoms with E-state index >= 15 is 0 Å². The van der Waals surface area contributed by atoms with Crippen molar-refractivity contribution in [3.63, 3.8) is 0 Å². The summed E-state index contributed by atoms with van der Waals surface area (Å²) >= 11 is 1.93. The predicted molar refractivity (Wildman–Crippen MR) is 327 cm³/mol. The zero-order valence-corrected chi connectivity index (χ0v) is 46.2. The minimum Gasteiger partial charge on any atom is -0.310 e. The number of hydrogen-bond acceptors (Lipinski definition) is 3. The molecule has 77 heavy (non-hydrogen) atoms. The molecule has 3 heterocycles. The van der Waals surface area contributed by atoms with Gasteiger partial charge in [-0.2, -0.15) is 0 Å². The molecular weight excluding hydrogens is 948 g/mol. The van der Waals surface area contributed by atoms with Gasteiger partial charge in [0.25, 0.3) is 0 Å². The first-order chi connectivity index (χ1) is 37.5. The zero-order valence-electron chi connectivity index (χ0n) is 45.4. The van der Waals surface area contributed by atoms with Gasteiger partial charge in [-0.15, -0.1) is 0 Å². The molecule has 0 aromatic heterocycles. The largest absolute Gasteiger partial charge is 0.310 e. The van der Waals surface area contributed by atoms with Crippen LogP contribution in [0.4, 0.5) is 34.1 Å². The van der Waals surface area contributed by atoms with Crippen LogP contribution in [0.5, 0.6) is 0 Å². The molecule has 0 saturated heterocycles. The minimum atomic E-state index is -0.664. The molecule has 374 valence electrons. The Kier molecular flexibility index (Phi) is 11.1. The van der Waals surface area contributed by atoms with Crippen molar-refractivity contribution in [2.24, 2.45) is 0 Å². The standard InChI is InChI=1S/C73H63BN2S/c1-45(2)50-42-53(46(3)4)71(54(43-50)47(5)6)74-63-30-18-21-33-69(63)77-70-44-52(36-37-64(70)74)76-65-31-19-16-28-59(65)72(60-29-17-20-32-66(60)76)55-24-12-14-26-57(55)73(58-27-15-13-25-56(58)72)61-40-48(7)34-38-67(61)75(51-22-10-9-11-23-51)68-39-35-49(8)41-62(68)73/h9-47H,1-8H3. The van der Waals surface area contributed by atoms with Gasteiger partial charge >= 0.3 is 0 Å². The molecule has 1 aliphatic carbocycles. The molecular formula is C73H63BN2S. The third-order valence-electron chi connectivity index (χ3n) is 17.7. The van der Waals surface area contributed by atoms with Gasteiger partial charge in [0.15, 0.2) is 0 Å². The first kappa shape index (κ1) is 47.6. The summed E-state index contributed by atoms with van der Waals surface area (Å²) in [6.45, 7) is 18.8. The van der Waals surface area contributed by atoms with E-state index in [1.165, 1.54) is 127 Å². The lowest BCUT2D eigenvalue weighted by molar-refractivity contribution is 0.607. The normalized spacial score (nSPS) is 14.9. The minimum absolute atomic E-state index is 0.113. The van der Waals surface area contributed by atoms with E-state index in [1.807, 2.05) is 11.8 Å². The van der Waals surface area contributed by atoms with Gasteiger partial charge in [0.2, 0.25) is 6.71 Å². The number of para-hydroxylation sites is 3. The molecule has 2 spiro atoms. The van der Waals surface area contributed by atoms with Gasteiger partial charge in [-0.1, -0.05) is 245 Å². The number of rotatable bonds is 6. The van der Waals surface area contributed by atoms with Crippen LogP contribution in [0.1, 0.15) is 132 Å². The third kappa shape index (κ3) is 6.77. The first-order valence-corrected chi connectivity index (χ1v) is 28.7. The summed E-state index contributed by atoms with van der Waals surface area (Å²) in [5, 5.41) is 0. The van der Waals surface area contributed by atoms with Gasteiger partial charge in [-0.3, -0.25) is 0 Å². The molecule has 0 bridgehead atoms. The van der Waals surface area contributed by atoms with E-state index in [2.05, 4.69) is 284 Å². The molecule has 3 aliphatic heterocycles. The van der Waals surface area contributed by atoms with Gasteiger partial charge in [0.05, 0.1) is 33.6 Å². The number of aryl methyl sites for hydroxylation is 2. The molecule has 0 radical (unpaired) electrons. The van der Waals surface area contributed by atoms with E-state index in [0.717, 1.165) is 5.69 Å². The van der Waals surface area contributed by atoms with Crippen LogP contribution in [0.25, 0.3) is 0 Å². The molecule has 0 amide bonds. The lowest BCUT2D eigenvalue weighted by Crippen LogP contribution is -2.57. The van der Waals surface area contributed by atoms with E-state index in [4.69, 9.17) is 0 Å². The number of fused-ring (bicyclic) bond motifs is 16. The summed E-state index contributed by atoms with van der Waals surface area (Å²) in [5.74, 6) is 1.21. The van der Waals surface area contributed by atoms with E-state index in [0.29, 0.717) is 17.8 Å². The molecule has 4 heteroatoms. The quantitative estimate of drug-likeness (QED) is 0.153. The smallest absolute Gasteiger partial charge is 0.244 e. The summed E-state index contributed by atoms with van der Waals surface area (Å²) in [5.41, 5.74) is 27.4. The summed E-state index contributed by atoms with van der Waals surface area (Å²) in [4.78, 5) is 7.73. The van der Waals surface area contributed by atoms with E-state index in [-0.39, 0.29) is 6.71 Å². The highest BCUT2D eigenvalue weighted by Gasteiger charge is 2.59. The second-order valence-corrected chi connectivity index (χ2v) is 24.1. The molecule has 0 N–H and O–H groups in total. The van der Waals surface area contributed by atoms with Crippen LogP contribution in [0.2, 0.25) is 0 Å².